The van der Waals surface area contributed by atoms with Crippen LogP contribution in [0.1, 0.15) is 10.4 Å². The summed E-state index contributed by atoms with van der Waals surface area (Å²) in [4.78, 5) is 36.4. The number of aromatic amines is 1. The first-order valence-electron chi connectivity index (χ1n) is 8.93. The van der Waals surface area contributed by atoms with Gasteiger partial charge in [0.15, 0.2) is 4.77 Å². The molecule has 0 saturated carbocycles. The number of carbonyl (C=O) groups is 1. The normalized spacial score (nSPS) is 14.4. The number of nitrogens with one attached hydrogen (secondary N) is 1. The fourth-order valence-electron chi connectivity index (χ4n) is 3.38. The first-order valence-corrected chi connectivity index (χ1v) is 10.1. The highest BCUT2D eigenvalue weighted by molar-refractivity contribution is 7.71. The molecule has 29 heavy (non-hydrogen) atoms. The van der Waals surface area contributed by atoms with Crippen LogP contribution in [0.3, 0.4) is 0 Å². The molecule has 4 rings (SSSR count). The summed E-state index contributed by atoms with van der Waals surface area (Å²) >= 11 is 17.3. The largest absolute Gasteiger partial charge is 0.352 e. The Morgan fingerprint density at radius 3 is 2.59 bits per heavy atom. The Labute approximate surface area is 181 Å². The van der Waals surface area contributed by atoms with Crippen molar-refractivity contribution in [3.05, 3.63) is 61.2 Å². The van der Waals surface area contributed by atoms with Crippen LogP contribution in [0.25, 0.3) is 10.9 Å². The number of H-pyrrole nitrogens is 1. The summed E-state index contributed by atoms with van der Waals surface area (Å²) in [7, 11) is 1.61. The van der Waals surface area contributed by atoms with Gasteiger partial charge in [-0.3, -0.25) is 14.2 Å². The van der Waals surface area contributed by atoms with Crippen molar-refractivity contribution in [2.75, 3.05) is 31.1 Å². The third kappa shape index (κ3) is 3.75. The maximum absolute atomic E-state index is 13.0. The third-order valence-electron chi connectivity index (χ3n) is 5.00. The lowest BCUT2D eigenvalue weighted by Gasteiger charge is -2.35. The summed E-state index contributed by atoms with van der Waals surface area (Å²) < 4.78 is 1.68. The van der Waals surface area contributed by atoms with Gasteiger partial charge in [0.05, 0.1) is 20.9 Å². The average Bonchev–Trinajstić information content (AvgIpc) is 2.71. The molecule has 0 aliphatic carbocycles. The fourth-order valence-corrected chi connectivity index (χ4v) is 4.08. The van der Waals surface area contributed by atoms with Gasteiger partial charge in [-0.1, -0.05) is 23.2 Å². The summed E-state index contributed by atoms with van der Waals surface area (Å²) in [5.74, 6) is 0.569. The molecular weight excluding hydrogens is 433 g/mol. The van der Waals surface area contributed by atoms with E-state index < -0.39 is 0 Å². The van der Waals surface area contributed by atoms with Gasteiger partial charge < -0.3 is 14.8 Å². The first-order chi connectivity index (χ1) is 13.8. The molecule has 1 N–H and O–H groups in total. The molecule has 1 aromatic carbocycles. The zero-order chi connectivity index (χ0) is 20.7. The van der Waals surface area contributed by atoms with Crippen LogP contribution in [0.2, 0.25) is 10.0 Å². The molecule has 150 valence electrons. The number of fused-ring (bicyclic) bond motifs is 1. The van der Waals surface area contributed by atoms with Crippen LogP contribution in [0.15, 0.2) is 35.3 Å². The lowest BCUT2D eigenvalue weighted by molar-refractivity contribution is 0.0746. The Morgan fingerprint density at radius 1 is 1.17 bits per heavy atom. The maximum Gasteiger partial charge on any atom is 0.261 e. The van der Waals surface area contributed by atoms with Gasteiger partial charge in [-0.2, -0.15) is 0 Å². The minimum absolute atomic E-state index is 0.0956. The van der Waals surface area contributed by atoms with Crippen LogP contribution < -0.4 is 10.5 Å². The monoisotopic (exact) mass is 449 g/mol. The molecule has 1 fully saturated rings. The van der Waals surface area contributed by atoms with Gasteiger partial charge in [-0.25, -0.2) is 4.98 Å². The van der Waals surface area contributed by atoms with E-state index >= 15 is 0 Å². The second-order valence-electron chi connectivity index (χ2n) is 6.79. The van der Waals surface area contributed by atoms with Crippen molar-refractivity contribution in [2.45, 2.75) is 0 Å². The molecule has 7 nitrogen and oxygen atoms in total. The molecule has 1 aliphatic heterocycles. The van der Waals surface area contributed by atoms with Crippen molar-refractivity contribution < 1.29 is 4.79 Å². The zero-order valence-electron chi connectivity index (χ0n) is 15.5. The quantitative estimate of drug-likeness (QED) is 0.607. The van der Waals surface area contributed by atoms with E-state index in [9.17, 15) is 9.59 Å². The second kappa shape index (κ2) is 7.78. The number of anilines is 1. The third-order valence-corrected chi connectivity index (χ3v) is 5.86. The zero-order valence-corrected chi connectivity index (χ0v) is 17.8. The molecule has 1 saturated heterocycles. The van der Waals surface area contributed by atoms with Crippen LogP contribution >= 0.6 is 35.4 Å². The Morgan fingerprint density at radius 2 is 1.90 bits per heavy atom. The lowest BCUT2D eigenvalue weighted by Crippen LogP contribution is -2.49. The Balaban J connectivity index is 1.53. The van der Waals surface area contributed by atoms with Gasteiger partial charge in [-0.15, -0.1) is 0 Å². The highest BCUT2D eigenvalue weighted by Gasteiger charge is 2.24. The van der Waals surface area contributed by atoms with Crippen molar-refractivity contribution in [2.24, 2.45) is 7.05 Å². The van der Waals surface area contributed by atoms with Gasteiger partial charge in [0.1, 0.15) is 5.82 Å². The molecule has 0 radical (unpaired) electrons. The van der Waals surface area contributed by atoms with E-state index in [-0.39, 0.29) is 11.5 Å². The molecule has 1 amide bonds. The van der Waals surface area contributed by atoms with Crippen molar-refractivity contribution in [3.63, 3.8) is 0 Å². The summed E-state index contributed by atoms with van der Waals surface area (Å²) in [6.07, 6.45) is 1.56. The summed E-state index contributed by atoms with van der Waals surface area (Å²) in [6, 6.07) is 6.67. The summed E-state index contributed by atoms with van der Waals surface area (Å²) in [5.41, 5.74) is 0.871. The summed E-state index contributed by atoms with van der Waals surface area (Å²) in [5, 5.41) is 1.47. The molecule has 0 spiro atoms. The number of benzene rings is 1. The molecular formula is C19H17Cl2N5O2S. The fraction of sp³-hybridized carbons (Fsp3) is 0.263. The maximum atomic E-state index is 13.0. The molecule has 0 bridgehead atoms. The smallest absolute Gasteiger partial charge is 0.261 e. The second-order valence-corrected chi connectivity index (χ2v) is 8.02. The number of nitrogens with zero attached hydrogens (tertiary/aromatic N) is 4. The molecule has 0 unspecified atom stereocenters. The van der Waals surface area contributed by atoms with Gasteiger partial charge in [0.2, 0.25) is 0 Å². The van der Waals surface area contributed by atoms with Gasteiger partial charge in [0.25, 0.3) is 11.5 Å². The number of hydrogen-bond acceptors (Lipinski definition) is 5. The molecule has 1 aliphatic rings. The van der Waals surface area contributed by atoms with Crippen molar-refractivity contribution in [3.8, 4) is 0 Å². The van der Waals surface area contributed by atoms with Crippen LogP contribution in [0, 0.1) is 4.77 Å². The van der Waals surface area contributed by atoms with E-state index in [0.717, 1.165) is 0 Å². The van der Waals surface area contributed by atoms with E-state index in [2.05, 4.69) is 9.97 Å². The molecule has 10 heteroatoms. The number of aromatic nitrogens is 3. The molecule has 3 aromatic rings. The number of carbonyl (C=O) groups excluding carboxylic acids is 1. The number of halogens is 2. The SMILES string of the molecule is Cn1c(=S)[nH]c2cc(C(=O)N3CCN(c4ncc(Cl)cc4Cl)CC3)ccc2c1=O. The highest BCUT2D eigenvalue weighted by Crippen LogP contribution is 2.27. The van der Waals surface area contributed by atoms with Crippen molar-refractivity contribution in [1.29, 1.82) is 0 Å². The van der Waals surface area contributed by atoms with E-state index in [1.165, 1.54) is 4.57 Å². The Kier molecular flexibility index (Phi) is 5.33. The minimum Gasteiger partial charge on any atom is -0.352 e. The topological polar surface area (TPSA) is 74.2 Å². The number of pyridine rings is 1. The van der Waals surface area contributed by atoms with Crippen LogP contribution in [-0.4, -0.2) is 51.5 Å². The van der Waals surface area contributed by atoms with Crippen molar-refractivity contribution >= 4 is 58.0 Å². The van der Waals surface area contributed by atoms with Crippen molar-refractivity contribution in [1.82, 2.24) is 19.4 Å². The predicted molar refractivity (Wildman–Crippen MR) is 117 cm³/mol. The van der Waals surface area contributed by atoms with Gasteiger partial charge in [0, 0.05) is 45.0 Å². The van der Waals surface area contributed by atoms with E-state index in [1.54, 1.807) is 42.4 Å². The first kappa shape index (κ1) is 19.9. The Bertz CT molecular complexity index is 1230. The Hall–Kier alpha value is -2.42. The van der Waals surface area contributed by atoms with Gasteiger partial charge in [-0.05, 0) is 36.5 Å². The number of rotatable bonds is 2. The average molecular weight is 450 g/mol. The van der Waals surface area contributed by atoms with E-state index in [0.29, 0.717) is 63.3 Å². The van der Waals surface area contributed by atoms with Crippen LogP contribution in [-0.2, 0) is 7.05 Å². The lowest BCUT2D eigenvalue weighted by atomic mass is 10.1. The minimum atomic E-state index is -0.191. The highest BCUT2D eigenvalue weighted by atomic mass is 35.5. The predicted octanol–water partition coefficient (Wildman–Crippen LogP) is 3.26. The number of amides is 1. The molecule has 0 atom stereocenters. The molecule has 3 heterocycles. The van der Waals surface area contributed by atoms with E-state index in [4.69, 9.17) is 35.4 Å². The van der Waals surface area contributed by atoms with Crippen LogP contribution in [0.4, 0.5) is 5.82 Å². The van der Waals surface area contributed by atoms with E-state index in [1.807, 2.05) is 4.90 Å². The number of hydrogen-bond donors (Lipinski definition) is 1. The summed E-state index contributed by atoms with van der Waals surface area (Å²) in [6.45, 7) is 2.28. The molecule has 2 aromatic heterocycles. The van der Waals surface area contributed by atoms with Crippen LogP contribution in [0.5, 0.6) is 0 Å². The standard InChI is InChI=1S/C19H17Cl2N5O2S/c1-24-18(28)13-3-2-11(8-15(13)23-19(24)29)17(27)26-6-4-25(5-7-26)16-14(21)9-12(20)10-22-16/h2-3,8-10H,4-7H2,1H3,(H,23,29). The number of piperazine rings is 1. The van der Waals surface area contributed by atoms with Gasteiger partial charge >= 0.3 is 0 Å².